The highest BCUT2D eigenvalue weighted by atomic mass is 16.3. The zero-order chi connectivity index (χ0) is 10.7. The Morgan fingerprint density at radius 3 is 2.53 bits per heavy atom. The Morgan fingerprint density at radius 2 is 1.93 bits per heavy atom. The maximum atomic E-state index is 9.26. The minimum Gasteiger partial charge on any atom is -0.394 e. The van der Waals surface area contributed by atoms with E-state index in [2.05, 4.69) is 29.2 Å². The summed E-state index contributed by atoms with van der Waals surface area (Å²) in [6, 6.07) is 10.4. The Morgan fingerprint density at radius 1 is 1.27 bits per heavy atom. The van der Waals surface area contributed by atoms with Gasteiger partial charge in [0.05, 0.1) is 12.7 Å². The predicted octanol–water partition coefficient (Wildman–Crippen LogP) is 0.439. The molecule has 82 valence electrons. The second-order valence-electron chi connectivity index (χ2n) is 4.16. The molecule has 1 unspecified atom stereocenters. The molecule has 2 N–H and O–H groups in total. The Kier molecular flexibility index (Phi) is 3.36. The fourth-order valence-corrected chi connectivity index (χ4v) is 2.01. The highest BCUT2D eigenvalue weighted by molar-refractivity contribution is 5.22. The van der Waals surface area contributed by atoms with Crippen LogP contribution in [0.25, 0.3) is 0 Å². The van der Waals surface area contributed by atoms with Gasteiger partial charge < -0.3 is 10.2 Å². The van der Waals surface area contributed by atoms with Crippen LogP contribution in [0.15, 0.2) is 30.3 Å². The molecule has 0 bridgehead atoms. The van der Waals surface area contributed by atoms with Crippen molar-refractivity contribution in [3.8, 4) is 0 Å². The van der Waals surface area contributed by atoms with Crippen molar-refractivity contribution in [2.75, 3.05) is 26.2 Å². The van der Waals surface area contributed by atoms with Crippen LogP contribution in [-0.2, 0) is 0 Å². The monoisotopic (exact) mass is 207 g/mol. The molecule has 1 aliphatic heterocycles. The molecule has 1 atom stereocenters. The fraction of sp³-hybridized carbons (Fsp3) is 0.500. The lowest BCUT2D eigenvalue weighted by molar-refractivity contribution is 0.0309. The molecular weight excluding hydrogens is 190 g/mol. The molecule has 3 heteroatoms. The number of nitrogens with zero attached hydrogens (tertiary/aromatic N) is 1. The second kappa shape index (κ2) is 4.75. The molecule has 1 aromatic carbocycles. The summed E-state index contributed by atoms with van der Waals surface area (Å²) < 4.78 is 0. The van der Waals surface area contributed by atoms with E-state index < -0.39 is 6.10 Å². The molecule has 0 aliphatic carbocycles. The number of hydrogen-bond donors (Lipinski definition) is 2. The normalized spacial score (nSPS) is 19.9. The number of hydrogen-bond acceptors (Lipinski definition) is 3. The van der Waals surface area contributed by atoms with E-state index in [0.29, 0.717) is 12.5 Å². The molecular formula is C12H17NO2. The third-order valence-electron chi connectivity index (χ3n) is 2.91. The molecule has 0 spiro atoms. The van der Waals surface area contributed by atoms with Gasteiger partial charge in [-0.2, -0.15) is 0 Å². The first-order valence-electron chi connectivity index (χ1n) is 5.36. The Hall–Kier alpha value is -0.900. The number of aliphatic hydroxyl groups excluding tert-OH is 2. The average Bonchev–Trinajstić information content (AvgIpc) is 2.23. The van der Waals surface area contributed by atoms with Crippen LogP contribution in [0.1, 0.15) is 11.5 Å². The van der Waals surface area contributed by atoms with Crippen LogP contribution >= 0.6 is 0 Å². The lowest BCUT2D eigenvalue weighted by atomic mass is 9.91. The van der Waals surface area contributed by atoms with E-state index in [9.17, 15) is 5.11 Å². The summed E-state index contributed by atoms with van der Waals surface area (Å²) in [5, 5.41) is 18.0. The van der Waals surface area contributed by atoms with Gasteiger partial charge in [-0.05, 0) is 5.56 Å². The predicted molar refractivity (Wildman–Crippen MR) is 58.7 cm³/mol. The Bertz CT molecular complexity index is 296. The summed E-state index contributed by atoms with van der Waals surface area (Å²) in [7, 11) is 0. The van der Waals surface area contributed by atoms with Gasteiger partial charge in [-0.1, -0.05) is 30.3 Å². The van der Waals surface area contributed by atoms with Gasteiger partial charge in [-0.25, -0.2) is 0 Å². The summed E-state index contributed by atoms with van der Waals surface area (Å²) in [4.78, 5) is 2.17. The van der Waals surface area contributed by atoms with Crippen molar-refractivity contribution in [3.05, 3.63) is 35.9 Å². The minimum absolute atomic E-state index is 0.146. The van der Waals surface area contributed by atoms with Crippen molar-refractivity contribution in [1.29, 1.82) is 0 Å². The van der Waals surface area contributed by atoms with Crippen LogP contribution in [0.4, 0.5) is 0 Å². The largest absolute Gasteiger partial charge is 0.394 e. The molecule has 0 saturated carbocycles. The zero-order valence-corrected chi connectivity index (χ0v) is 8.71. The van der Waals surface area contributed by atoms with Crippen molar-refractivity contribution in [2.45, 2.75) is 12.0 Å². The van der Waals surface area contributed by atoms with Crippen molar-refractivity contribution in [2.24, 2.45) is 0 Å². The van der Waals surface area contributed by atoms with Gasteiger partial charge in [-0.3, -0.25) is 4.90 Å². The van der Waals surface area contributed by atoms with Gasteiger partial charge >= 0.3 is 0 Å². The molecule has 0 radical (unpaired) electrons. The summed E-state index contributed by atoms with van der Waals surface area (Å²) in [6.07, 6.45) is -0.596. The molecule has 1 aliphatic rings. The molecule has 1 fully saturated rings. The molecule has 1 saturated heterocycles. The molecule has 1 aromatic rings. The van der Waals surface area contributed by atoms with Crippen LogP contribution in [0, 0.1) is 0 Å². The number of rotatable bonds is 4. The van der Waals surface area contributed by atoms with Gasteiger partial charge in [0, 0.05) is 25.6 Å². The van der Waals surface area contributed by atoms with E-state index in [0.717, 1.165) is 13.1 Å². The topological polar surface area (TPSA) is 43.7 Å². The van der Waals surface area contributed by atoms with E-state index in [4.69, 9.17) is 5.11 Å². The summed E-state index contributed by atoms with van der Waals surface area (Å²) in [5.41, 5.74) is 1.37. The maximum Gasteiger partial charge on any atom is 0.0897 e. The van der Waals surface area contributed by atoms with Gasteiger partial charge in [0.2, 0.25) is 0 Å². The third-order valence-corrected chi connectivity index (χ3v) is 2.91. The van der Waals surface area contributed by atoms with E-state index in [1.807, 2.05) is 6.07 Å². The van der Waals surface area contributed by atoms with Crippen molar-refractivity contribution >= 4 is 0 Å². The van der Waals surface area contributed by atoms with Crippen LogP contribution < -0.4 is 0 Å². The molecule has 3 nitrogen and oxygen atoms in total. The highest BCUT2D eigenvalue weighted by Crippen LogP contribution is 2.26. The Balaban J connectivity index is 1.79. The van der Waals surface area contributed by atoms with E-state index in [1.165, 1.54) is 5.56 Å². The first kappa shape index (κ1) is 10.6. The number of β-amino-alcohol motifs (C(OH)–C–C–N with tert-alkyl or cyclic N) is 1. The van der Waals surface area contributed by atoms with Crippen LogP contribution in [0.5, 0.6) is 0 Å². The highest BCUT2D eigenvalue weighted by Gasteiger charge is 2.28. The SMILES string of the molecule is OCC(O)CN1CC(c2ccccc2)C1. The summed E-state index contributed by atoms with van der Waals surface area (Å²) in [5.74, 6) is 0.595. The maximum absolute atomic E-state index is 9.26. The van der Waals surface area contributed by atoms with Gasteiger partial charge in [-0.15, -0.1) is 0 Å². The first-order chi connectivity index (χ1) is 7.29. The standard InChI is InChI=1S/C12H17NO2/c14-9-12(15)8-13-6-11(7-13)10-4-2-1-3-5-10/h1-5,11-12,14-15H,6-9H2. The average molecular weight is 207 g/mol. The summed E-state index contributed by atoms with van der Waals surface area (Å²) in [6.45, 7) is 2.41. The third kappa shape index (κ3) is 2.56. The van der Waals surface area contributed by atoms with E-state index in [1.54, 1.807) is 0 Å². The quantitative estimate of drug-likeness (QED) is 0.753. The second-order valence-corrected chi connectivity index (χ2v) is 4.16. The number of aliphatic hydroxyl groups is 2. The van der Waals surface area contributed by atoms with Crippen molar-refractivity contribution < 1.29 is 10.2 Å². The molecule has 0 aromatic heterocycles. The lowest BCUT2D eigenvalue weighted by Crippen LogP contribution is -2.48. The van der Waals surface area contributed by atoms with Gasteiger partial charge in [0.1, 0.15) is 0 Å². The number of likely N-dealkylation sites (tertiary alicyclic amines) is 1. The molecule has 1 heterocycles. The van der Waals surface area contributed by atoms with Crippen molar-refractivity contribution in [1.82, 2.24) is 4.90 Å². The van der Waals surface area contributed by atoms with Crippen LogP contribution in [-0.4, -0.2) is 47.5 Å². The van der Waals surface area contributed by atoms with Gasteiger partial charge in [0.15, 0.2) is 0 Å². The zero-order valence-electron chi connectivity index (χ0n) is 8.71. The summed E-state index contributed by atoms with van der Waals surface area (Å²) >= 11 is 0. The Labute approximate surface area is 90.0 Å². The van der Waals surface area contributed by atoms with Crippen molar-refractivity contribution in [3.63, 3.8) is 0 Å². The lowest BCUT2D eigenvalue weighted by Gasteiger charge is -2.40. The minimum atomic E-state index is -0.596. The molecule has 2 rings (SSSR count). The van der Waals surface area contributed by atoms with Crippen LogP contribution in [0.2, 0.25) is 0 Å². The number of benzene rings is 1. The van der Waals surface area contributed by atoms with Gasteiger partial charge in [0.25, 0.3) is 0 Å². The first-order valence-corrected chi connectivity index (χ1v) is 5.36. The van der Waals surface area contributed by atoms with E-state index in [-0.39, 0.29) is 6.61 Å². The fourth-order valence-electron chi connectivity index (χ4n) is 2.01. The van der Waals surface area contributed by atoms with E-state index >= 15 is 0 Å². The smallest absolute Gasteiger partial charge is 0.0897 e. The van der Waals surface area contributed by atoms with Crippen LogP contribution in [0.3, 0.4) is 0 Å². The molecule has 15 heavy (non-hydrogen) atoms. The molecule has 0 amide bonds.